The Kier molecular flexibility index (Phi) is 7.77. The quantitative estimate of drug-likeness (QED) is 0.238. The van der Waals surface area contributed by atoms with Crippen molar-refractivity contribution >= 4 is 28.3 Å². The summed E-state index contributed by atoms with van der Waals surface area (Å²) in [4.78, 5) is 23.5. The number of anilines is 2. The zero-order valence-corrected chi connectivity index (χ0v) is 23.3. The van der Waals surface area contributed by atoms with Crippen molar-refractivity contribution in [2.45, 2.75) is 44.4 Å². The molecule has 0 spiro atoms. The summed E-state index contributed by atoms with van der Waals surface area (Å²) in [6.07, 6.45) is -0.00639. The van der Waals surface area contributed by atoms with Crippen LogP contribution in [0.1, 0.15) is 47.2 Å². The normalized spacial score (nSPS) is 17.7. The number of aromatic nitrogens is 1. The van der Waals surface area contributed by atoms with Crippen molar-refractivity contribution in [1.82, 2.24) is 14.8 Å². The van der Waals surface area contributed by atoms with Crippen LogP contribution in [-0.4, -0.2) is 52.9 Å². The minimum atomic E-state index is -4.38. The average Bonchev–Trinajstić information content (AvgIpc) is 3.68. The Labute approximate surface area is 243 Å². The lowest BCUT2D eigenvalue weighted by atomic mass is 9.99. The first kappa shape index (κ1) is 28.0. The fourth-order valence-corrected chi connectivity index (χ4v) is 6.06. The van der Waals surface area contributed by atoms with Crippen LogP contribution < -0.4 is 11.1 Å². The van der Waals surface area contributed by atoms with Crippen LogP contribution >= 0.6 is 0 Å². The minimum Gasteiger partial charge on any atom is -0.399 e. The molecule has 2 aliphatic heterocycles. The number of fused-ring (bicyclic) bond motifs is 1. The number of nitrogens with two attached hydrogens (primary N) is 1. The van der Waals surface area contributed by atoms with E-state index in [1.165, 1.54) is 25.0 Å². The third-order valence-corrected chi connectivity index (χ3v) is 8.34. The number of amides is 1. The van der Waals surface area contributed by atoms with Crippen molar-refractivity contribution in [1.29, 1.82) is 0 Å². The van der Waals surface area contributed by atoms with Gasteiger partial charge in [-0.3, -0.25) is 4.79 Å². The van der Waals surface area contributed by atoms with Crippen molar-refractivity contribution in [3.8, 4) is 11.1 Å². The van der Waals surface area contributed by atoms with E-state index >= 15 is 0 Å². The number of nitrogens with one attached hydrogen (secondary N) is 1. The highest BCUT2D eigenvalue weighted by Gasteiger charge is 2.33. The molecule has 1 aromatic heterocycles. The van der Waals surface area contributed by atoms with E-state index < -0.39 is 11.7 Å². The number of carbonyl (C=O) groups excluding carboxylic acids is 1. The Bertz CT molecular complexity index is 1560. The standard InChI is InChI=1S/C33H34F3N5O/c34-33(35,36)25-10-5-22(6-11-25)20-38-31-19-29(32(42)41-17-3-4-27(41)21-40-15-1-2-16-40)28-18-24(9-14-30(28)39-31)23-7-12-26(37)13-8-23/h5-14,18-19,27H,1-4,15-17,20-21,37H2,(H,38,39)/t27-/m0/s1. The maximum Gasteiger partial charge on any atom is 0.416 e. The van der Waals surface area contributed by atoms with E-state index in [0.717, 1.165) is 61.1 Å². The van der Waals surface area contributed by atoms with Gasteiger partial charge in [0.15, 0.2) is 0 Å². The molecule has 1 atom stereocenters. The van der Waals surface area contributed by atoms with Crippen LogP contribution in [0.4, 0.5) is 24.7 Å². The van der Waals surface area contributed by atoms with Gasteiger partial charge in [0.25, 0.3) is 5.91 Å². The minimum absolute atomic E-state index is 0.0175. The van der Waals surface area contributed by atoms with E-state index in [2.05, 4.69) is 10.2 Å². The molecule has 2 fully saturated rings. The molecule has 3 N–H and O–H groups in total. The molecule has 0 unspecified atom stereocenters. The number of likely N-dealkylation sites (tertiary alicyclic amines) is 2. The van der Waals surface area contributed by atoms with Gasteiger partial charge in [-0.05, 0) is 97.9 Å². The number of carbonyl (C=O) groups is 1. The van der Waals surface area contributed by atoms with Crippen LogP contribution in [0.25, 0.3) is 22.0 Å². The zero-order chi connectivity index (χ0) is 29.3. The van der Waals surface area contributed by atoms with E-state index in [0.29, 0.717) is 34.7 Å². The number of benzene rings is 3. The predicted octanol–water partition coefficient (Wildman–Crippen LogP) is 6.82. The summed E-state index contributed by atoms with van der Waals surface area (Å²) >= 11 is 0. The number of hydrogen-bond donors (Lipinski definition) is 2. The predicted molar refractivity (Wildman–Crippen MR) is 160 cm³/mol. The lowest BCUT2D eigenvalue weighted by Gasteiger charge is -2.29. The first-order valence-electron chi connectivity index (χ1n) is 14.5. The Morgan fingerprint density at radius 2 is 1.62 bits per heavy atom. The number of rotatable bonds is 7. The van der Waals surface area contributed by atoms with Crippen LogP contribution in [0.15, 0.2) is 72.8 Å². The molecule has 0 saturated carbocycles. The molecule has 0 radical (unpaired) electrons. The summed E-state index contributed by atoms with van der Waals surface area (Å²) in [5.74, 6) is 0.484. The Morgan fingerprint density at radius 1 is 0.905 bits per heavy atom. The lowest BCUT2D eigenvalue weighted by molar-refractivity contribution is -0.137. The van der Waals surface area contributed by atoms with Gasteiger partial charge in [0.1, 0.15) is 5.82 Å². The van der Waals surface area contributed by atoms with E-state index in [-0.39, 0.29) is 18.5 Å². The first-order valence-corrected chi connectivity index (χ1v) is 14.5. The highest BCUT2D eigenvalue weighted by atomic mass is 19.4. The number of halogens is 3. The summed E-state index contributed by atoms with van der Waals surface area (Å²) < 4.78 is 39.0. The van der Waals surface area contributed by atoms with Gasteiger partial charge in [0, 0.05) is 36.7 Å². The van der Waals surface area contributed by atoms with Crippen molar-refractivity contribution in [2.75, 3.05) is 37.2 Å². The number of nitrogens with zero attached hydrogens (tertiary/aromatic N) is 3. The number of nitrogen functional groups attached to an aromatic ring is 1. The molecule has 6 rings (SSSR count). The smallest absolute Gasteiger partial charge is 0.399 e. The summed E-state index contributed by atoms with van der Waals surface area (Å²) in [6.45, 7) is 4.05. The molecule has 0 aliphatic carbocycles. The Hall–Kier alpha value is -4.11. The summed E-state index contributed by atoms with van der Waals surface area (Å²) in [7, 11) is 0. The maximum absolute atomic E-state index is 14.2. The molecule has 218 valence electrons. The fourth-order valence-electron chi connectivity index (χ4n) is 6.06. The van der Waals surface area contributed by atoms with Crippen LogP contribution in [0, 0.1) is 0 Å². The Balaban J connectivity index is 1.33. The summed E-state index contributed by atoms with van der Waals surface area (Å²) in [5.41, 5.74) is 9.76. The second-order valence-electron chi connectivity index (χ2n) is 11.3. The van der Waals surface area contributed by atoms with E-state index in [1.54, 1.807) is 6.07 Å². The monoisotopic (exact) mass is 573 g/mol. The molecule has 3 heterocycles. The van der Waals surface area contributed by atoms with E-state index in [4.69, 9.17) is 10.7 Å². The largest absolute Gasteiger partial charge is 0.416 e. The molecule has 9 heteroatoms. The molecule has 42 heavy (non-hydrogen) atoms. The van der Waals surface area contributed by atoms with Gasteiger partial charge in [-0.15, -0.1) is 0 Å². The maximum atomic E-state index is 14.2. The number of hydrogen-bond acceptors (Lipinski definition) is 5. The molecular formula is C33H34F3N5O. The van der Waals surface area contributed by atoms with E-state index in [1.807, 2.05) is 47.4 Å². The molecule has 0 bridgehead atoms. The average molecular weight is 574 g/mol. The van der Waals surface area contributed by atoms with Crippen molar-refractivity contribution < 1.29 is 18.0 Å². The van der Waals surface area contributed by atoms with Crippen LogP contribution in [0.3, 0.4) is 0 Å². The van der Waals surface area contributed by atoms with Crippen molar-refractivity contribution in [3.63, 3.8) is 0 Å². The molecule has 3 aromatic carbocycles. The van der Waals surface area contributed by atoms with Crippen LogP contribution in [0.2, 0.25) is 0 Å². The van der Waals surface area contributed by atoms with Gasteiger partial charge in [0.05, 0.1) is 16.6 Å². The molecule has 2 saturated heterocycles. The highest BCUT2D eigenvalue weighted by Crippen LogP contribution is 2.32. The third kappa shape index (κ3) is 6.06. The van der Waals surface area contributed by atoms with Gasteiger partial charge in [-0.25, -0.2) is 4.98 Å². The van der Waals surface area contributed by atoms with Gasteiger partial charge in [0.2, 0.25) is 0 Å². The number of pyridine rings is 1. The first-order chi connectivity index (χ1) is 20.2. The van der Waals surface area contributed by atoms with Crippen molar-refractivity contribution in [3.05, 3.63) is 89.5 Å². The fraction of sp³-hybridized carbons (Fsp3) is 0.333. The summed E-state index contributed by atoms with van der Waals surface area (Å²) in [5, 5.41) is 4.00. The highest BCUT2D eigenvalue weighted by molar-refractivity contribution is 6.08. The third-order valence-electron chi connectivity index (χ3n) is 8.34. The van der Waals surface area contributed by atoms with Crippen LogP contribution in [0.5, 0.6) is 0 Å². The second kappa shape index (κ2) is 11.6. The van der Waals surface area contributed by atoms with Crippen LogP contribution in [-0.2, 0) is 12.7 Å². The molecule has 1 amide bonds. The molecule has 6 nitrogen and oxygen atoms in total. The topological polar surface area (TPSA) is 74.5 Å². The summed E-state index contributed by atoms with van der Waals surface area (Å²) in [6, 6.07) is 20.5. The molecule has 2 aliphatic rings. The lowest BCUT2D eigenvalue weighted by Crippen LogP contribution is -2.42. The Morgan fingerprint density at radius 3 is 2.33 bits per heavy atom. The molecular weight excluding hydrogens is 539 g/mol. The van der Waals surface area contributed by atoms with E-state index in [9.17, 15) is 18.0 Å². The molecule has 4 aromatic rings. The zero-order valence-electron chi connectivity index (χ0n) is 23.3. The van der Waals surface area contributed by atoms with Gasteiger partial charge >= 0.3 is 6.18 Å². The van der Waals surface area contributed by atoms with Gasteiger partial charge in [-0.1, -0.05) is 30.3 Å². The van der Waals surface area contributed by atoms with Crippen molar-refractivity contribution in [2.24, 2.45) is 0 Å². The SMILES string of the molecule is Nc1ccc(-c2ccc3nc(NCc4ccc(C(F)(F)F)cc4)cc(C(=O)N4CCC[C@H]4CN4CCCC4)c3c2)cc1. The second-order valence-corrected chi connectivity index (χ2v) is 11.3. The number of alkyl halides is 3. The van der Waals surface area contributed by atoms with Gasteiger partial charge in [-0.2, -0.15) is 13.2 Å². The van der Waals surface area contributed by atoms with Gasteiger partial charge < -0.3 is 20.9 Å².